The van der Waals surface area contributed by atoms with Gasteiger partial charge in [0.1, 0.15) is 24.4 Å². The van der Waals surface area contributed by atoms with E-state index in [1.807, 2.05) is 30.3 Å². The number of fused-ring (bicyclic) bond motifs is 1. The third-order valence-corrected chi connectivity index (χ3v) is 4.20. The van der Waals surface area contributed by atoms with Gasteiger partial charge in [-0.1, -0.05) is 23.7 Å². The van der Waals surface area contributed by atoms with Crippen molar-refractivity contribution in [1.29, 1.82) is 0 Å². The monoisotopic (exact) mass is 356 g/mol. The zero-order chi connectivity index (χ0) is 17.4. The molecule has 0 fully saturated rings. The van der Waals surface area contributed by atoms with Crippen molar-refractivity contribution >= 4 is 22.7 Å². The van der Waals surface area contributed by atoms with Gasteiger partial charge < -0.3 is 9.15 Å². The number of halogens is 1. The van der Waals surface area contributed by atoms with Crippen LogP contribution in [0.4, 0.5) is 0 Å². The lowest BCUT2D eigenvalue weighted by Crippen LogP contribution is -2.14. The second kappa shape index (κ2) is 6.10. The number of H-pyrrole nitrogens is 1. The van der Waals surface area contributed by atoms with Crippen LogP contribution in [-0.2, 0) is 0 Å². The molecule has 0 radical (unpaired) electrons. The molecule has 0 aliphatic carbocycles. The van der Waals surface area contributed by atoms with Crippen molar-refractivity contribution in [2.45, 2.75) is 6.04 Å². The van der Waals surface area contributed by atoms with Crippen LogP contribution in [0.5, 0.6) is 5.75 Å². The molecule has 4 aromatic rings. The van der Waals surface area contributed by atoms with Gasteiger partial charge in [-0.05, 0) is 23.8 Å². The van der Waals surface area contributed by atoms with Crippen molar-refractivity contribution in [1.82, 2.24) is 19.7 Å². The molecule has 0 spiro atoms. The van der Waals surface area contributed by atoms with E-state index in [9.17, 15) is 4.79 Å². The molecule has 0 aliphatic heterocycles. The van der Waals surface area contributed by atoms with Crippen molar-refractivity contribution in [2.75, 3.05) is 7.11 Å². The van der Waals surface area contributed by atoms with E-state index < -0.39 is 5.76 Å². The van der Waals surface area contributed by atoms with E-state index in [0.29, 0.717) is 21.9 Å². The predicted molar refractivity (Wildman–Crippen MR) is 92.1 cm³/mol. The fourth-order valence-electron chi connectivity index (χ4n) is 2.86. The molecule has 4 rings (SSSR count). The zero-order valence-electron chi connectivity index (χ0n) is 13.1. The molecule has 0 saturated carbocycles. The third kappa shape index (κ3) is 2.78. The summed E-state index contributed by atoms with van der Waals surface area (Å²) in [5.41, 5.74) is 2.76. The minimum atomic E-state index is -0.516. The molecule has 0 aliphatic rings. The van der Waals surface area contributed by atoms with Crippen LogP contribution in [0, 0.1) is 0 Å². The Balaban J connectivity index is 1.97. The van der Waals surface area contributed by atoms with Crippen molar-refractivity contribution in [3.05, 3.63) is 75.8 Å². The number of aromatic nitrogens is 4. The first kappa shape index (κ1) is 15.5. The number of hydrogen-bond acceptors (Lipinski definition) is 5. The summed E-state index contributed by atoms with van der Waals surface area (Å²) in [7, 11) is 1.57. The van der Waals surface area contributed by atoms with Gasteiger partial charge >= 0.3 is 5.76 Å². The van der Waals surface area contributed by atoms with E-state index in [-0.39, 0.29) is 6.04 Å². The Labute approximate surface area is 146 Å². The Hall–Kier alpha value is -3.06. The number of methoxy groups -OCH3 is 1. The highest BCUT2D eigenvalue weighted by molar-refractivity contribution is 6.30. The number of nitrogens with zero attached hydrogens (tertiary/aromatic N) is 3. The van der Waals surface area contributed by atoms with Crippen LogP contribution in [-0.4, -0.2) is 26.9 Å². The Morgan fingerprint density at radius 2 is 2.08 bits per heavy atom. The van der Waals surface area contributed by atoms with Crippen LogP contribution < -0.4 is 10.5 Å². The van der Waals surface area contributed by atoms with Gasteiger partial charge in [0.05, 0.1) is 12.6 Å². The smallest absolute Gasteiger partial charge is 0.417 e. The van der Waals surface area contributed by atoms with Gasteiger partial charge in [0, 0.05) is 16.7 Å². The highest BCUT2D eigenvalue weighted by Crippen LogP contribution is 2.35. The maximum absolute atomic E-state index is 11.5. The lowest BCUT2D eigenvalue weighted by atomic mass is 9.97. The molecule has 2 aromatic heterocycles. The average molecular weight is 357 g/mol. The largest absolute Gasteiger partial charge is 0.496 e. The van der Waals surface area contributed by atoms with Gasteiger partial charge in [-0.15, -0.1) is 0 Å². The molecule has 1 unspecified atom stereocenters. The van der Waals surface area contributed by atoms with E-state index in [0.717, 1.165) is 11.1 Å². The third-order valence-electron chi connectivity index (χ3n) is 3.95. The first-order chi connectivity index (χ1) is 12.2. The highest BCUT2D eigenvalue weighted by atomic mass is 35.5. The number of nitrogens with one attached hydrogen (secondary N) is 1. The van der Waals surface area contributed by atoms with E-state index in [1.165, 1.54) is 6.33 Å². The molecule has 126 valence electrons. The van der Waals surface area contributed by atoms with Gasteiger partial charge in [-0.25, -0.2) is 14.5 Å². The van der Waals surface area contributed by atoms with Crippen LogP contribution in [0.1, 0.15) is 17.2 Å². The molecule has 8 heteroatoms. The van der Waals surface area contributed by atoms with Crippen LogP contribution in [0.15, 0.2) is 58.3 Å². The Morgan fingerprint density at radius 1 is 1.28 bits per heavy atom. The predicted octanol–water partition coefficient (Wildman–Crippen LogP) is 3.01. The summed E-state index contributed by atoms with van der Waals surface area (Å²) in [6, 6.07) is 10.6. The van der Waals surface area contributed by atoms with Crippen LogP contribution in [0.25, 0.3) is 11.1 Å². The van der Waals surface area contributed by atoms with E-state index in [4.69, 9.17) is 20.8 Å². The summed E-state index contributed by atoms with van der Waals surface area (Å²) < 4.78 is 12.4. The van der Waals surface area contributed by atoms with Gasteiger partial charge in [-0.2, -0.15) is 5.10 Å². The maximum atomic E-state index is 11.5. The second-order valence-corrected chi connectivity index (χ2v) is 5.87. The minimum Gasteiger partial charge on any atom is -0.496 e. The quantitative estimate of drug-likeness (QED) is 0.607. The minimum absolute atomic E-state index is 0.308. The van der Waals surface area contributed by atoms with E-state index in [2.05, 4.69) is 15.1 Å². The molecular formula is C17H13ClN4O3. The molecule has 0 bridgehead atoms. The second-order valence-electron chi connectivity index (χ2n) is 5.43. The fourth-order valence-corrected chi connectivity index (χ4v) is 2.98. The lowest BCUT2D eigenvalue weighted by molar-refractivity contribution is 0.402. The number of hydrogen-bond donors (Lipinski definition) is 1. The van der Waals surface area contributed by atoms with Crippen LogP contribution >= 0.6 is 11.6 Å². The molecule has 25 heavy (non-hydrogen) atoms. The highest BCUT2D eigenvalue weighted by Gasteiger charge is 2.23. The fraction of sp³-hybridized carbons (Fsp3) is 0.118. The SMILES string of the molecule is COc1cc2oc(=O)[nH]c2cc1C(c1ccc(Cl)cc1)n1cncn1. The Bertz CT molecular complexity index is 1070. The number of oxazole rings is 1. The molecule has 0 saturated heterocycles. The molecule has 2 heterocycles. The summed E-state index contributed by atoms with van der Waals surface area (Å²) in [4.78, 5) is 18.2. The van der Waals surface area contributed by atoms with Crippen molar-refractivity contribution in [3.8, 4) is 5.75 Å². The number of ether oxygens (including phenoxy) is 1. The molecule has 1 atom stereocenters. The van der Waals surface area contributed by atoms with Gasteiger partial charge in [0.15, 0.2) is 5.58 Å². The molecular weight excluding hydrogens is 344 g/mol. The Kier molecular flexibility index (Phi) is 3.77. The molecule has 1 N–H and O–H groups in total. The summed E-state index contributed by atoms with van der Waals surface area (Å²) in [5, 5.41) is 4.92. The first-order valence-corrected chi connectivity index (χ1v) is 7.84. The van der Waals surface area contributed by atoms with Gasteiger partial charge in [-0.3, -0.25) is 4.98 Å². The Morgan fingerprint density at radius 3 is 2.76 bits per heavy atom. The molecule has 0 amide bonds. The number of rotatable bonds is 4. The number of aromatic amines is 1. The average Bonchev–Trinajstić information content (AvgIpc) is 3.24. The molecule has 2 aromatic carbocycles. The van der Waals surface area contributed by atoms with Crippen molar-refractivity contribution < 1.29 is 9.15 Å². The van der Waals surface area contributed by atoms with Gasteiger partial charge in [0.25, 0.3) is 0 Å². The lowest BCUT2D eigenvalue weighted by Gasteiger charge is -2.20. The summed E-state index contributed by atoms with van der Waals surface area (Å²) >= 11 is 6.02. The molecule has 7 nitrogen and oxygen atoms in total. The van der Waals surface area contributed by atoms with E-state index in [1.54, 1.807) is 24.2 Å². The summed E-state index contributed by atoms with van der Waals surface area (Å²) in [6.45, 7) is 0. The summed E-state index contributed by atoms with van der Waals surface area (Å²) in [6.07, 6.45) is 3.09. The van der Waals surface area contributed by atoms with Crippen molar-refractivity contribution in [3.63, 3.8) is 0 Å². The zero-order valence-corrected chi connectivity index (χ0v) is 13.9. The van der Waals surface area contributed by atoms with Crippen LogP contribution in [0.3, 0.4) is 0 Å². The van der Waals surface area contributed by atoms with Gasteiger partial charge in [0.2, 0.25) is 0 Å². The maximum Gasteiger partial charge on any atom is 0.417 e. The topological polar surface area (TPSA) is 85.9 Å². The van der Waals surface area contributed by atoms with Crippen LogP contribution in [0.2, 0.25) is 5.02 Å². The van der Waals surface area contributed by atoms with Crippen molar-refractivity contribution in [2.24, 2.45) is 0 Å². The van der Waals surface area contributed by atoms with E-state index >= 15 is 0 Å². The standard InChI is InChI=1S/C17H13ClN4O3/c1-24-14-7-15-13(21-17(23)25-15)6-12(14)16(22-9-19-8-20-22)10-2-4-11(18)5-3-10/h2-9,16H,1H3,(H,21,23). The first-order valence-electron chi connectivity index (χ1n) is 7.46. The normalized spacial score (nSPS) is 12.4. The number of benzene rings is 2. The summed E-state index contributed by atoms with van der Waals surface area (Å²) in [5.74, 6) is 0.0590.